The fourth-order valence-corrected chi connectivity index (χ4v) is 2.71. The number of rotatable bonds is 4. The largest absolute Gasteiger partial charge is 0.382 e. The zero-order valence-electron chi connectivity index (χ0n) is 11.3. The van der Waals surface area contributed by atoms with Crippen LogP contribution >= 0.6 is 0 Å². The molecule has 20 heavy (non-hydrogen) atoms. The molecule has 1 aliphatic carbocycles. The Morgan fingerprint density at radius 2 is 2.05 bits per heavy atom. The van der Waals surface area contributed by atoms with Crippen LogP contribution in [0.25, 0.3) is 0 Å². The summed E-state index contributed by atoms with van der Waals surface area (Å²) in [4.78, 5) is 10.0. The molecule has 0 saturated heterocycles. The molecule has 0 amide bonds. The van der Waals surface area contributed by atoms with Gasteiger partial charge in [-0.2, -0.15) is 0 Å². The smallest absolute Gasteiger partial charge is 0.270 e. The third-order valence-electron chi connectivity index (χ3n) is 3.93. The van der Waals surface area contributed by atoms with E-state index in [-0.39, 0.29) is 17.3 Å². The molecule has 0 heterocycles. The van der Waals surface area contributed by atoms with E-state index in [4.69, 9.17) is 0 Å². The van der Waals surface area contributed by atoms with Crippen molar-refractivity contribution >= 4 is 11.4 Å². The molecule has 0 aliphatic heterocycles. The Morgan fingerprint density at radius 1 is 1.35 bits per heavy atom. The van der Waals surface area contributed by atoms with Crippen molar-refractivity contribution in [3.8, 4) is 0 Å². The second-order valence-corrected chi connectivity index (χ2v) is 5.34. The first-order valence-corrected chi connectivity index (χ1v) is 6.82. The SMILES string of the molecule is CC1CCCCC1Nc1ccc([N+](=O)[O-])cc1C(F)F. The number of alkyl halides is 2. The number of halogens is 2. The molecule has 1 fully saturated rings. The van der Waals surface area contributed by atoms with Gasteiger partial charge in [-0.3, -0.25) is 10.1 Å². The summed E-state index contributed by atoms with van der Waals surface area (Å²) in [6.45, 7) is 2.10. The molecule has 2 atom stereocenters. The summed E-state index contributed by atoms with van der Waals surface area (Å²) in [6.07, 6.45) is 1.55. The number of anilines is 1. The highest BCUT2D eigenvalue weighted by atomic mass is 19.3. The third kappa shape index (κ3) is 3.23. The summed E-state index contributed by atoms with van der Waals surface area (Å²) in [7, 11) is 0. The average molecular weight is 284 g/mol. The molecule has 1 aromatic carbocycles. The molecular weight excluding hydrogens is 266 g/mol. The minimum atomic E-state index is -2.73. The van der Waals surface area contributed by atoms with Gasteiger partial charge in [0.05, 0.1) is 4.92 Å². The molecule has 110 valence electrons. The number of non-ortho nitro benzene ring substituents is 1. The van der Waals surface area contributed by atoms with Crippen LogP contribution in [-0.4, -0.2) is 11.0 Å². The van der Waals surface area contributed by atoms with E-state index in [0.717, 1.165) is 25.3 Å². The van der Waals surface area contributed by atoms with Gasteiger partial charge in [0, 0.05) is 29.4 Å². The summed E-state index contributed by atoms with van der Waals surface area (Å²) in [5.41, 5.74) is -0.288. The maximum atomic E-state index is 13.1. The lowest BCUT2D eigenvalue weighted by molar-refractivity contribution is -0.385. The molecule has 2 rings (SSSR count). The summed E-state index contributed by atoms with van der Waals surface area (Å²) in [5.74, 6) is 0.421. The molecule has 6 heteroatoms. The van der Waals surface area contributed by atoms with Crippen LogP contribution in [0.15, 0.2) is 18.2 Å². The normalized spacial score (nSPS) is 22.8. The molecule has 0 bridgehead atoms. The number of hydrogen-bond donors (Lipinski definition) is 1. The number of nitro groups is 1. The fraction of sp³-hybridized carbons (Fsp3) is 0.571. The van der Waals surface area contributed by atoms with Crippen molar-refractivity contribution in [3.63, 3.8) is 0 Å². The van der Waals surface area contributed by atoms with Gasteiger partial charge in [-0.05, 0) is 24.8 Å². The van der Waals surface area contributed by atoms with Gasteiger partial charge in [-0.25, -0.2) is 8.78 Å². The van der Waals surface area contributed by atoms with Crippen molar-refractivity contribution in [1.82, 2.24) is 0 Å². The van der Waals surface area contributed by atoms with E-state index in [1.165, 1.54) is 18.6 Å². The fourth-order valence-electron chi connectivity index (χ4n) is 2.71. The topological polar surface area (TPSA) is 55.2 Å². The van der Waals surface area contributed by atoms with Crippen LogP contribution in [0.2, 0.25) is 0 Å². The number of nitrogens with one attached hydrogen (secondary N) is 1. The van der Waals surface area contributed by atoms with Crippen LogP contribution < -0.4 is 5.32 Å². The maximum Gasteiger partial charge on any atom is 0.270 e. The second-order valence-electron chi connectivity index (χ2n) is 5.34. The lowest BCUT2D eigenvalue weighted by Gasteiger charge is -2.31. The predicted molar refractivity (Wildman–Crippen MR) is 73.1 cm³/mol. The third-order valence-corrected chi connectivity index (χ3v) is 3.93. The molecule has 1 saturated carbocycles. The Morgan fingerprint density at radius 3 is 2.65 bits per heavy atom. The zero-order valence-corrected chi connectivity index (χ0v) is 11.3. The predicted octanol–water partition coefficient (Wildman–Crippen LogP) is 4.52. The molecule has 1 N–H and O–H groups in total. The van der Waals surface area contributed by atoms with Crippen molar-refractivity contribution < 1.29 is 13.7 Å². The van der Waals surface area contributed by atoms with E-state index in [9.17, 15) is 18.9 Å². The van der Waals surface area contributed by atoms with E-state index in [1.54, 1.807) is 0 Å². The van der Waals surface area contributed by atoms with Crippen molar-refractivity contribution in [3.05, 3.63) is 33.9 Å². The average Bonchev–Trinajstić information content (AvgIpc) is 2.41. The molecule has 2 unspecified atom stereocenters. The number of benzene rings is 1. The Hall–Kier alpha value is -1.72. The molecule has 0 aromatic heterocycles. The van der Waals surface area contributed by atoms with E-state index < -0.39 is 11.3 Å². The van der Waals surface area contributed by atoms with E-state index in [2.05, 4.69) is 12.2 Å². The quantitative estimate of drug-likeness (QED) is 0.653. The highest BCUT2D eigenvalue weighted by molar-refractivity contribution is 5.57. The zero-order chi connectivity index (χ0) is 14.7. The standard InChI is InChI=1S/C14H18F2N2O2/c1-9-4-2-3-5-12(9)17-13-7-6-10(18(19)20)8-11(13)14(15)16/h6-9,12,14,17H,2-5H2,1H3. The summed E-state index contributed by atoms with van der Waals surface area (Å²) in [5, 5.41) is 13.8. The van der Waals surface area contributed by atoms with E-state index >= 15 is 0 Å². The molecule has 4 nitrogen and oxygen atoms in total. The van der Waals surface area contributed by atoms with Crippen LogP contribution in [0.1, 0.15) is 44.6 Å². The highest BCUT2D eigenvalue weighted by Gasteiger charge is 2.24. The van der Waals surface area contributed by atoms with Gasteiger partial charge in [0.25, 0.3) is 12.1 Å². The number of hydrogen-bond acceptors (Lipinski definition) is 3. The van der Waals surface area contributed by atoms with Gasteiger partial charge in [0.2, 0.25) is 0 Å². The van der Waals surface area contributed by atoms with Crippen molar-refractivity contribution in [1.29, 1.82) is 0 Å². The van der Waals surface area contributed by atoms with Crippen LogP contribution in [0, 0.1) is 16.0 Å². The first-order valence-electron chi connectivity index (χ1n) is 6.82. The monoisotopic (exact) mass is 284 g/mol. The Kier molecular flexibility index (Phi) is 4.52. The molecule has 0 radical (unpaired) electrons. The van der Waals surface area contributed by atoms with E-state index in [1.807, 2.05) is 0 Å². The van der Waals surface area contributed by atoms with Crippen LogP contribution in [0.4, 0.5) is 20.2 Å². The Labute approximate surface area is 116 Å². The lowest BCUT2D eigenvalue weighted by Crippen LogP contribution is -2.30. The lowest BCUT2D eigenvalue weighted by atomic mass is 9.85. The Bertz CT molecular complexity index is 494. The first kappa shape index (κ1) is 14.7. The summed E-state index contributed by atoms with van der Waals surface area (Å²) < 4.78 is 26.1. The number of nitro benzene ring substituents is 1. The van der Waals surface area contributed by atoms with Gasteiger partial charge < -0.3 is 5.32 Å². The minimum absolute atomic E-state index is 0.155. The van der Waals surface area contributed by atoms with E-state index in [0.29, 0.717) is 11.6 Å². The molecule has 1 aliphatic rings. The first-order chi connectivity index (χ1) is 9.49. The van der Waals surface area contributed by atoms with Gasteiger partial charge in [0.15, 0.2) is 0 Å². The molecule has 1 aromatic rings. The summed E-state index contributed by atoms with van der Waals surface area (Å²) in [6, 6.07) is 3.77. The highest BCUT2D eigenvalue weighted by Crippen LogP contribution is 2.33. The minimum Gasteiger partial charge on any atom is -0.382 e. The van der Waals surface area contributed by atoms with Gasteiger partial charge >= 0.3 is 0 Å². The Balaban J connectivity index is 2.24. The van der Waals surface area contributed by atoms with Crippen LogP contribution in [0.3, 0.4) is 0 Å². The van der Waals surface area contributed by atoms with Crippen molar-refractivity contribution in [2.24, 2.45) is 5.92 Å². The van der Waals surface area contributed by atoms with Gasteiger partial charge in [-0.1, -0.05) is 19.8 Å². The maximum absolute atomic E-state index is 13.1. The molecule has 0 spiro atoms. The molecular formula is C14H18F2N2O2. The van der Waals surface area contributed by atoms with Crippen LogP contribution in [-0.2, 0) is 0 Å². The van der Waals surface area contributed by atoms with Gasteiger partial charge in [-0.15, -0.1) is 0 Å². The van der Waals surface area contributed by atoms with Crippen LogP contribution in [0.5, 0.6) is 0 Å². The van der Waals surface area contributed by atoms with Crippen molar-refractivity contribution in [2.75, 3.05) is 5.32 Å². The summed E-state index contributed by atoms with van der Waals surface area (Å²) >= 11 is 0. The van der Waals surface area contributed by atoms with Crippen molar-refractivity contribution in [2.45, 2.75) is 45.1 Å². The van der Waals surface area contributed by atoms with Gasteiger partial charge in [0.1, 0.15) is 0 Å². The number of nitrogens with zero attached hydrogens (tertiary/aromatic N) is 1. The second kappa shape index (κ2) is 6.15.